The first-order chi connectivity index (χ1) is 9.75. The molecule has 1 aliphatic heterocycles. The van der Waals surface area contributed by atoms with Crippen molar-refractivity contribution in [3.05, 3.63) is 36.0 Å². The van der Waals surface area contributed by atoms with E-state index in [0.717, 1.165) is 32.6 Å². The fourth-order valence-corrected chi connectivity index (χ4v) is 3.02. The van der Waals surface area contributed by atoms with E-state index in [4.69, 9.17) is 4.74 Å². The molecule has 0 bridgehead atoms. The number of aromatic nitrogens is 1. The molecule has 0 amide bonds. The zero-order valence-electron chi connectivity index (χ0n) is 12.4. The van der Waals surface area contributed by atoms with Crippen LogP contribution >= 0.6 is 0 Å². The second kappa shape index (κ2) is 5.98. The van der Waals surface area contributed by atoms with Gasteiger partial charge < -0.3 is 14.6 Å². The predicted octanol–water partition coefficient (Wildman–Crippen LogP) is 3.49. The van der Waals surface area contributed by atoms with Gasteiger partial charge >= 0.3 is 0 Å². The summed E-state index contributed by atoms with van der Waals surface area (Å²) in [6, 6.07) is 9.95. The number of nitrogens with zero attached hydrogens (tertiary/aromatic N) is 1. The van der Waals surface area contributed by atoms with Crippen LogP contribution in [0.1, 0.15) is 38.3 Å². The van der Waals surface area contributed by atoms with Crippen LogP contribution in [0.25, 0.3) is 10.9 Å². The van der Waals surface area contributed by atoms with Crippen molar-refractivity contribution in [1.82, 2.24) is 9.88 Å². The smallest absolute Gasteiger partial charge is 0.0528 e. The molecule has 0 aliphatic carbocycles. The van der Waals surface area contributed by atoms with Gasteiger partial charge in [-0.3, -0.25) is 0 Å². The maximum Gasteiger partial charge on any atom is 0.0528 e. The summed E-state index contributed by atoms with van der Waals surface area (Å²) >= 11 is 0. The van der Waals surface area contributed by atoms with Gasteiger partial charge in [-0.25, -0.2) is 0 Å². The van der Waals surface area contributed by atoms with Gasteiger partial charge in [0.2, 0.25) is 0 Å². The lowest BCUT2D eigenvalue weighted by Crippen LogP contribution is -2.23. The first-order valence-corrected chi connectivity index (χ1v) is 7.65. The van der Waals surface area contributed by atoms with Crippen LogP contribution in [-0.4, -0.2) is 23.8 Å². The first kappa shape index (κ1) is 13.7. The molecule has 0 unspecified atom stereocenters. The van der Waals surface area contributed by atoms with Gasteiger partial charge in [0.25, 0.3) is 0 Å². The fourth-order valence-electron chi connectivity index (χ4n) is 3.02. The Labute approximate surface area is 120 Å². The minimum atomic E-state index is 0.511. The predicted molar refractivity (Wildman–Crippen MR) is 83.0 cm³/mol. The third-order valence-corrected chi connectivity index (χ3v) is 4.11. The average Bonchev–Trinajstić information content (AvgIpc) is 2.90. The minimum Gasteiger partial charge on any atom is -0.381 e. The number of rotatable bonds is 4. The molecular weight excluding hydrogens is 248 g/mol. The maximum absolute atomic E-state index is 5.49. The normalized spacial score (nSPS) is 17.1. The highest BCUT2D eigenvalue weighted by Gasteiger charge is 2.18. The zero-order valence-corrected chi connectivity index (χ0v) is 12.4. The molecule has 0 saturated carbocycles. The van der Waals surface area contributed by atoms with Crippen molar-refractivity contribution in [2.45, 2.75) is 45.3 Å². The van der Waals surface area contributed by atoms with Crippen LogP contribution in [0.5, 0.6) is 0 Å². The molecule has 0 spiro atoms. The molecule has 2 aromatic rings. The molecule has 0 radical (unpaired) electrons. The van der Waals surface area contributed by atoms with Crippen molar-refractivity contribution in [2.75, 3.05) is 13.2 Å². The topological polar surface area (TPSA) is 26.2 Å². The fraction of sp³-hybridized carbons (Fsp3) is 0.529. The third kappa shape index (κ3) is 2.74. The zero-order chi connectivity index (χ0) is 13.9. The Bertz CT molecular complexity index is 567. The molecule has 3 rings (SSSR count). The Morgan fingerprint density at radius 2 is 2.05 bits per heavy atom. The second-order valence-electron chi connectivity index (χ2n) is 5.96. The molecule has 108 valence electrons. The Balaban J connectivity index is 1.95. The number of hydrogen-bond donors (Lipinski definition) is 1. The van der Waals surface area contributed by atoms with E-state index in [2.05, 4.69) is 54.2 Å². The molecule has 1 fully saturated rings. The van der Waals surface area contributed by atoms with Crippen LogP contribution in [0.3, 0.4) is 0 Å². The summed E-state index contributed by atoms with van der Waals surface area (Å²) < 4.78 is 7.96. The SMILES string of the molecule is CC(C)NCc1cccc2ccn(C3CCOCC3)c12. The molecule has 20 heavy (non-hydrogen) atoms. The molecule has 0 atom stereocenters. The van der Waals surface area contributed by atoms with Gasteiger partial charge in [-0.05, 0) is 29.9 Å². The van der Waals surface area contributed by atoms with Crippen molar-refractivity contribution >= 4 is 10.9 Å². The average molecular weight is 272 g/mol. The Morgan fingerprint density at radius 3 is 2.80 bits per heavy atom. The van der Waals surface area contributed by atoms with Crippen LogP contribution in [0.4, 0.5) is 0 Å². The number of hydrogen-bond acceptors (Lipinski definition) is 2. The Hall–Kier alpha value is -1.32. The Kier molecular flexibility index (Phi) is 4.08. The van der Waals surface area contributed by atoms with E-state index in [-0.39, 0.29) is 0 Å². The molecule has 3 nitrogen and oxygen atoms in total. The van der Waals surface area contributed by atoms with E-state index in [1.165, 1.54) is 16.5 Å². The minimum absolute atomic E-state index is 0.511. The van der Waals surface area contributed by atoms with Crippen LogP contribution in [0, 0.1) is 0 Å². The van der Waals surface area contributed by atoms with Crippen molar-refractivity contribution in [3.8, 4) is 0 Å². The van der Waals surface area contributed by atoms with E-state index in [0.29, 0.717) is 12.1 Å². The van der Waals surface area contributed by atoms with Crippen LogP contribution in [-0.2, 0) is 11.3 Å². The molecule has 1 saturated heterocycles. The molecule has 2 heterocycles. The van der Waals surface area contributed by atoms with Crippen molar-refractivity contribution in [2.24, 2.45) is 0 Å². The van der Waals surface area contributed by atoms with Crippen molar-refractivity contribution in [1.29, 1.82) is 0 Å². The van der Waals surface area contributed by atoms with Crippen molar-refractivity contribution < 1.29 is 4.74 Å². The van der Waals surface area contributed by atoms with Gasteiger partial charge in [-0.15, -0.1) is 0 Å². The summed E-state index contributed by atoms with van der Waals surface area (Å²) in [5, 5.41) is 4.88. The lowest BCUT2D eigenvalue weighted by Gasteiger charge is -2.25. The van der Waals surface area contributed by atoms with E-state index >= 15 is 0 Å². The van der Waals surface area contributed by atoms with Gasteiger partial charge in [0, 0.05) is 38.0 Å². The molecule has 1 aromatic heterocycles. The quantitative estimate of drug-likeness (QED) is 0.922. The number of fused-ring (bicyclic) bond motifs is 1. The first-order valence-electron chi connectivity index (χ1n) is 7.65. The summed E-state index contributed by atoms with van der Waals surface area (Å²) in [5.41, 5.74) is 2.79. The van der Waals surface area contributed by atoms with Gasteiger partial charge in [0.05, 0.1) is 5.52 Å². The molecule has 1 aromatic carbocycles. The van der Waals surface area contributed by atoms with Gasteiger partial charge in [0.15, 0.2) is 0 Å². The molecule has 1 aliphatic rings. The van der Waals surface area contributed by atoms with Crippen LogP contribution in [0.15, 0.2) is 30.5 Å². The lowest BCUT2D eigenvalue weighted by molar-refractivity contribution is 0.0707. The summed E-state index contributed by atoms with van der Waals surface area (Å²) in [6.07, 6.45) is 4.49. The number of ether oxygens (including phenoxy) is 1. The summed E-state index contributed by atoms with van der Waals surface area (Å²) in [6.45, 7) is 7.09. The van der Waals surface area contributed by atoms with E-state index < -0.39 is 0 Å². The molecule has 3 heteroatoms. The second-order valence-corrected chi connectivity index (χ2v) is 5.96. The highest BCUT2D eigenvalue weighted by molar-refractivity contribution is 5.83. The third-order valence-electron chi connectivity index (χ3n) is 4.11. The van der Waals surface area contributed by atoms with Crippen LogP contribution in [0.2, 0.25) is 0 Å². The summed E-state index contributed by atoms with van der Waals surface area (Å²) in [7, 11) is 0. The highest BCUT2D eigenvalue weighted by Crippen LogP contribution is 2.29. The van der Waals surface area contributed by atoms with E-state index in [9.17, 15) is 0 Å². The molecule has 1 N–H and O–H groups in total. The highest BCUT2D eigenvalue weighted by atomic mass is 16.5. The van der Waals surface area contributed by atoms with Gasteiger partial charge in [0.1, 0.15) is 0 Å². The lowest BCUT2D eigenvalue weighted by atomic mass is 10.1. The van der Waals surface area contributed by atoms with E-state index in [1.807, 2.05) is 0 Å². The van der Waals surface area contributed by atoms with E-state index in [1.54, 1.807) is 0 Å². The monoisotopic (exact) mass is 272 g/mol. The Morgan fingerprint density at radius 1 is 1.25 bits per heavy atom. The number of para-hydroxylation sites is 1. The van der Waals surface area contributed by atoms with Crippen LogP contribution < -0.4 is 5.32 Å². The summed E-state index contributed by atoms with van der Waals surface area (Å²) in [5.74, 6) is 0. The number of nitrogens with one attached hydrogen (secondary N) is 1. The largest absolute Gasteiger partial charge is 0.381 e. The van der Waals surface area contributed by atoms with Gasteiger partial charge in [-0.2, -0.15) is 0 Å². The number of benzene rings is 1. The maximum atomic E-state index is 5.49. The summed E-state index contributed by atoms with van der Waals surface area (Å²) in [4.78, 5) is 0. The standard InChI is InChI=1S/C17H24N2O/c1-13(2)18-12-15-5-3-4-14-6-9-19(17(14)15)16-7-10-20-11-8-16/h3-6,9,13,16,18H,7-8,10-12H2,1-2H3. The molecular formula is C17H24N2O. The van der Waals surface area contributed by atoms with Crippen molar-refractivity contribution in [3.63, 3.8) is 0 Å². The van der Waals surface area contributed by atoms with Gasteiger partial charge in [-0.1, -0.05) is 32.0 Å².